The molecule has 1 aliphatic rings. The highest BCUT2D eigenvalue weighted by Gasteiger charge is 2.28. The number of rotatable bonds is 6. The molecular weight excluding hydrogens is 446 g/mol. The highest BCUT2D eigenvalue weighted by Crippen LogP contribution is 2.31. The molecule has 4 rings (SSSR count). The number of hydrogen-bond acceptors (Lipinski definition) is 5. The molecule has 1 fully saturated rings. The maximum Gasteiger partial charge on any atom is 0.272 e. The van der Waals surface area contributed by atoms with E-state index in [2.05, 4.69) is 42.3 Å². The third-order valence-electron chi connectivity index (χ3n) is 5.18. The van der Waals surface area contributed by atoms with Gasteiger partial charge in [-0.3, -0.25) is 4.79 Å². The summed E-state index contributed by atoms with van der Waals surface area (Å²) < 4.78 is 32.0. The summed E-state index contributed by atoms with van der Waals surface area (Å²) >= 11 is 1.67. The Labute approximate surface area is 192 Å². The molecular formula is C23H25N3O4S2. The van der Waals surface area contributed by atoms with E-state index in [0.29, 0.717) is 32.0 Å². The standard InChI is InChI=1S/C23H25N3O4S2/c1-16-3-8-22(17(2)13-16)31-19-6-4-18(5-7-19)25-23(27)21-14-20(15-24-21)32(28,29)26-9-11-30-12-10-26/h3-8,13-15,24H,9-12H2,1-2H3,(H,25,27). The van der Waals surface area contributed by atoms with Crippen molar-refractivity contribution in [3.63, 3.8) is 0 Å². The molecule has 168 valence electrons. The van der Waals surface area contributed by atoms with Crippen LogP contribution in [0.1, 0.15) is 21.6 Å². The third kappa shape index (κ3) is 5.07. The van der Waals surface area contributed by atoms with Crippen LogP contribution in [0.25, 0.3) is 0 Å². The number of hydrogen-bond donors (Lipinski definition) is 2. The van der Waals surface area contributed by atoms with Crippen molar-refractivity contribution < 1.29 is 17.9 Å². The van der Waals surface area contributed by atoms with Crippen LogP contribution in [0, 0.1) is 13.8 Å². The number of aromatic nitrogens is 1. The molecule has 3 aromatic rings. The van der Waals surface area contributed by atoms with Crippen molar-refractivity contribution in [2.24, 2.45) is 0 Å². The topological polar surface area (TPSA) is 91.5 Å². The number of carbonyl (C=O) groups excluding carboxylic acids is 1. The minimum absolute atomic E-state index is 0.0739. The Morgan fingerprint density at radius 2 is 1.78 bits per heavy atom. The number of H-pyrrole nitrogens is 1. The van der Waals surface area contributed by atoms with Gasteiger partial charge in [0.15, 0.2) is 0 Å². The quantitative estimate of drug-likeness (QED) is 0.566. The molecule has 0 spiro atoms. The fourth-order valence-corrected chi connectivity index (χ4v) is 5.72. The summed E-state index contributed by atoms with van der Waals surface area (Å²) in [6.07, 6.45) is 1.35. The van der Waals surface area contributed by atoms with Crippen LogP contribution in [0.15, 0.2) is 69.4 Å². The van der Waals surface area contributed by atoms with E-state index >= 15 is 0 Å². The fourth-order valence-electron chi connectivity index (χ4n) is 3.44. The molecule has 2 heterocycles. The highest BCUT2D eigenvalue weighted by molar-refractivity contribution is 7.99. The van der Waals surface area contributed by atoms with E-state index in [1.54, 1.807) is 11.8 Å². The van der Waals surface area contributed by atoms with Gasteiger partial charge in [0.2, 0.25) is 10.0 Å². The minimum atomic E-state index is -3.65. The van der Waals surface area contributed by atoms with Crippen molar-refractivity contribution in [2.75, 3.05) is 31.6 Å². The van der Waals surface area contributed by atoms with E-state index in [9.17, 15) is 13.2 Å². The van der Waals surface area contributed by atoms with E-state index in [-0.39, 0.29) is 10.6 Å². The van der Waals surface area contributed by atoms with Crippen molar-refractivity contribution in [2.45, 2.75) is 28.5 Å². The van der Waals surface area contributed by atoms with Crippen LogP contribution in [-0.4, -0.2) is 49.9 Å². The number of amides is 1. The third-order valence-corrected chi connectivity index (χ3v) is 8.24. The molecule has 0 atom stereocenters. The Bertz CT molecular complexity index is 1210. The summed E-state index contributed by atoms with van der Waals surface area (Å²) in [7, 11) is -3.65. The highest BCUT2D eigenvalue weighted by atomic mass is 32.2. The molecule has 1 aliphatic heterocycles. The van der Waals surface area contributed by atoms with Crippen LogP contribution < -0.4 is 5.32 Å². The second kappa shape index (κ2) is 9.50. The molecule has 0 bridgehead atoms. The maximum atomic E-state index is 12.7. The second-order valence-corrected chi connectivity index (χ2v) is 10.7. The fraction of sp³-hybridized carbons (Fsp3) is 0.261. The number of benzene rings is 2. The van der Waals surface area contributed by atoms with Crippen LogP contribution in [-0.2, 0) is 14.8 Å². The van der Waals surface area contributed by atoms with Crippen molar-refractivity contribution in [3.05, 3.63) is 71.5 Å². The molecule has 1 aromatic heterocycles. The first-order valence-corrected chi connectivity index (χ1v) is 12.5. The van der Waals surface area contributed by atoms with Gasteiger partial charge in [-0.25, -0.2) is 8.42 Å². The molecule has 1 saturated heterocycles. The minimum Gasteiger partial charge on any atom is -0.379 e. The van der Waals surface area contributed by atoms with Gasteiger partial charge in [-0.1, -0.05) is 29.5 Å². The molecule has 0 aliphatic carbocycles. The Morgan fingerprint density at radius 3 is 2.47 bits per heavy atom. The van der Waals surface area contributed by atoms with Crippen LogP contribution in [0.3, 0.4) is 0 Å². The van der Waals surface area contributed by atoms with Gasteiger partial charge in [0.05, 0.1) is 13.2 Å². The summed E-state index contributed by atoms with van der Waals surface area (Å²) in [5, 5.41) is 2.80. The molecule has 2 aromatic carbocycles. The van der Waals surface area contributed by atoms with Crippen LogP contribution >= 0.6 is 11.8 Å². The summed E-state index contributed by atoms with van der Waals surface area (Å²) in [6, 6.07) is 15.3. The van der Waals surface area contributed by atoms with Gasteiger partial charge in [0, 0.05) is 34.8 Å². The largest absolute Gasteiger partial charge is 0.379 e. The van der Waals surface area contributed by atoms with E-state index in [1.807, 2.05) is 24.3 Å². The maximum absolute atomic E-state index is 12.7. The molecule has 2 N–H and O–H groups in total. The normalized spacial score (nSPS) is 14.9. The van der Waals surface area contributed by atoms with Gasteiger partial charge in [-0.15, -0.1) is 0 Å². The molecule has 7 nitrogen and oxygen atoms in total. The summed E-state index contributed by atoms with van der Waals surface area (Å²) in [5.41, 5.74) is 3.27. The average molecular weight is 472 g/mol. The Hall–Kier alpha value is -2.59. The number of nitrogens with one attached hydrogen (secondary N) is 2. The molecule has 0 saturated carbocycles. The number of ether oxygens (including phenoxy) is 1. The number of nitrogens with zero attached hydrogens (tertiary/aromatic N) is 1. The van der Waals surface area contributed by atoms with Gasteiger partial charge in [-0.05, 0) is 55.8 Å². The second-order valence-electron chi connectivity index (χ2n) is 7.62. The molecule has 1 amide bonds. The van der Waals surface area contributed by atoms with Crippen LogP contribution in [0.2, 0.25) is 0 Å². The van der Waals surface area contributed by atoms with Crippen LogP contribution in [0.4, 0.5) is 5.69 Å². The van der Waals surface area contributed by atoms with Crippen LogP contribution in [0.5, 0.6) is 0 Å². The van der Waals surface area contributed by atoms with Gasteiger partial charge in [-0.2, -0.15) is 4.31 Å². The summed E-state index contributed by atoms with van der Waals surface area (Å²) in [6.45, 7) is 5.52. The summed E-state index contributed by atoms with van der Waals surface area (Å²) in [5.74, 6) is -0.400. The summed E-state index contributed by atoms with van der Waals surface area (Å²) in [4.78, 5) is 17.7. The zero-order valence-electron chi connectivity index (χ0n) is 17.9. The lowest BCUT2D eigenvalue weighted by atomic mass is 10.2. The van der Waals surface area contributed by atoms with Crippen molar-refractivity contribution in [3.8, 4) is 0 Å². The van der Waals surface area contributed by atoms with Crippen molar-refractivity contribution in [1.29, 1.82) is 0 Å². The van der Waals surface area contributed by atoms with E-state index in [1.165, 1.54) is 32.6 Å². The number of aryl methyl sites for hydroxylation is 2. The lowest BCUT2D eigenvalue weighted by molar-refractivity contribution is 0.0730. The predicted octanol–water partition coefficient (Wildman–Crippen LogP) is 4.06. The first kappa shape index (κ1) is 22.6. The number of anilines is 1. The molecule has 0 unspecified atom stereocenters. The first-order valence-electron chi connectivity index (χ1n) is 10.3. The molecule has 0 radical (unpaired) electrons. The van der Waals surface area contributed by atoms with Gasteiger partial charge in [0.1, 0.15) is 10.6 Å². The van der Waals surface area contributed by atoms with E-state index < -0.39 is 15.9 Å². The first-order chi connectivity index (χ1) is 15.3. The van der Waals surface area contributed by atoms with Crippen molar-refractivity contribution >= 4 is 33.4 Å². The van der Waals surface area contributed by atoms with Crippen molar-refractivity contribution in [1.82, 2.24) is 9.29 Å². The number of sulfonamides is 1. The zero-order chi connectivity index (χ0) is 22.7. The molecule has 9 heteroatoms. The Kier molecular flexibility index (Phi) is 6.71. The zero-order valence-corrected chi connectivity index (χ0v) is 19.6. The lowest BCUT2D eigenvalue weighted by Gasteiger charge is -2.25. The Morgan fingerprint density at radius 1 is 1.06 bits per heavy atom. The van der Waals surface area contributed by atoms with Gasteiger partial charge in [0.25, 0.3) is 5.91 Å². The van der Waals surface area contributed by atoms with E-state index in [4.69, 9.17) is 4.74 Å². The number of morpholine rings is 1. The smallest absolute Gasteiger partial charge is 0.272 e. The number of aromatic amines is 1. The lowest BCUT2D eigenvalue weighted by Crippen LogP contribution is -2.40. The monoisotopic (exact) mass is 471 g/mol. The predicted molar refractivity (Wildman–Crippen MR) is 125 cm³/mol. The van der Waals surface area contributed by atoms with E-state index in [0.717, 1.165) is 4.90 Å². The van der Waals surface area contributed by atoms with Gasteiger partial charge < -0.3 is 15.0 Å². The average Bonchev–Trinajstić information content (AvgIpc) is 3.29. The number of carbonyl (C=O) groups is 1. The van der Waals surface area contributed by atoms with Gasteiger partial charge >= 0.3 is 0 Å². The Balaban J connectivity index is 1.41. The SMILES string of the molecule is Cc1ccc(Sc2ccc(NC(=O)c3cc(S(=O)(=O)N4CCOCC4)c[nH]3)cc2)c(C)c1. The molecule has 32 heavy (non-hydrogen) atoms.